The molecule has 0 aliphatic heterocycles. The van der Waals surface area contributed by atoms with Gasteiger partial charge in [0.1, 0.15) is 5.75 Å². The molecule has 1 aromatic carbocycles. The van der Waals surface area contributed by atoms with Gasteiger partial charge in [-0.05, 0) is 66.2 Å². The van der Waals surface area contributed by atoms with Crippen molar-refractivity contribution < 1.29 is 9.53 Å². The first kappa shape index (κ1) is 14.1. The molecule has 1 amide bonds. The Labute approximate surface area is 121 Å². The zero-order valence-corrected chi connectivity index (χ0v) is 12.7. The molecule has 102 valence electrons. The molecule has 0 unspecified atom stereocenters. The van der Waals surface area contributed by atoms with Crippen LogP contribution in [0.25, 0.3) is 0 Å². The third-order valence-corrected chi connectivity index (χ3v) is 3.59. The molecular formula is C14H17BrN2O2. The van der Waals surface area contributed by atoms with Crippen molar-refractivity contribution in [3.05, 3.63) is 28.2 Å². The Bertz CT molecular complexity index is 510. The van der Waals surface area contributed by atoms with Crippen molar-refractivity contribution in [2.45, 2.75) is 26.7 Å². The molecule has 0 atom stereocenters. The number of hydrogen-bond acceptors (Lipinski definition) is 3. The fourth-order valence-corrected chi connectivity index (χ4v) is 2.25. The lowest BCUT2D eigenvalue weighted by Crippen LogP contribution is -2.25. The van der Waals surface area contributed by atoms with E-state index in [0.717, 1.165) is 15.7 Å². The molecule has 2 rings (SSSR count). The molecule has 0 saturated heterocycles. The van der Waals surface area contributed by atoms with Gasteiger partial charge in [0.25, 0.3) is 5.91 Å². The minimum Gasteiger partial charge on any atom is -0.483 e. The largest absolute Gasteiger partial charge is 0.483 e. The van der Waals surface area contributed by atoms with Crippen LogP contribution in [0.3, 0.4) is 0 Å². The van der Waals surface area contributed by atoms with E-state index in [1.807, 2.05) is 32.0 Å². The van der Waals surface area contributed by atoms with E-state index < -0.39 is 0 Å². The van der Waals surface area contributed by atoms with E-state index in [1.165, 1.54) is 12.8 Å². The molecule has 1 saturated carbocycles. The van der Waals surface area contributed by atoms with Crippen molar-refractivity contribution in [2.75, 3.05) is 6.61 Å². The fourth-order valence-electron chi connectivity index (χ4n) is 1.64. The third-order valence-electron chi connectivity index (χ3n) is 2.97. The molecule has 1 aromatic rings. The lowest BCUT2D eigenvalue weighted by atomic mass is 10.2. The number of aryl methyl sites for hydroxylation is 1. The maximum absolute atomic E-state index is 11.6. The zero-order chi connectivity index (χ0) is 13.8. The van der Waals surface area contributed by atoms with Gasteiger partial charge >= 0.3 is 0 Å². The van der Waals surface area contributed by atoms with Crippen molar-refractivity contribution in [2.24, 2.45) is 11.0 Å². The first-order valence-electron chi connectivity index (χ1n) is 6.28. The average Bonchev–Trinajstić information content (AvgIpc) is 3.19. The van der Waals surface area contributed by atoms with E-state index in [2.05, 4.69) is 26.5 Å². The van der Waals surface area contributed by atoms with Crippen molar-refractivity contribution in [1.29, 1.82) is 0 Å². The van der Waals surface area contributed by atoms with Gasteiger partial charge in [0, 0.05) is 5.71 Å². The first-order chi connectivity index (χ1) is 9.06. The molecule has 1 N–H and O–H groups in total. The Morgan fingerprint density at radius 1 is 1.53 bits per heavy atom. The minimum absolute atomic E-state index is 0.0386. The molecule has 4 nitrogen and oxygen atoms in total. The van der Waals surface area contributed by atoms with Gasteiger partial charge in [0.15, 0.2) is 6.61 Å². The van der Waals surface area contributed by atoms with Crippen LogP contribution in [0.1, 0.15) is 25.3 Å². The lowest BCUT2D eigenvalue weighted by Gasteiger charge is -2.08. The summed E-state index contributed by atoms with van der Waals surface area (Å²) in [4.78, 5) is 11.6. The third kappa shape index (κ3) is 4.35. The van der Waals surface area contributed by atoms with E-state index in [1.54, 1.807) is 0 Å². The Kier molecular flexibility index (Phi) is 4.58. The molecule has 0 radical (unpaired) electrons. The van der Waals surface area contributed by atoms with Crippen LogP contribution in [0.15, 0.2) is 27.8 Å². The summed E-state index contributed by atoms with van der Waals surface area (Å²) in [6.45, 7) is 3.90. The molecule has 0 heterocycles. The van der Waals surface area contributed by atoms with Gasteiger partial charge in [-0.25, -0.2) is 5.43 Å². The van der Waals surface area contributed by atoms with E-state index in [4.69, 9.17) is 4.74 Å². The predicted molar refractivity (Wildman–Crippen MR) is 78.3 cm³/mol. The van der Waals surface area contributed by atoms with Gasteiger partial charge in [-0.1, -0.05) is 6.07 Å². The van der Waals surface area contributed by atoms with Crippen LogP contribution in [0, 0.1) is 12.8 Å². The summed E-state index contributed by atoms with van der Waals surface area (Å²) >= 11 is 3.40. The molecule has 19 heavy (non-hydrogen) atoms. The minimum atomic E-state index is -0.243. The van der Waals surface area contributed by atoms with E-state index in [0.29, 0.717) is 11.7 Å². The highest BCUT2D eigenvalue weighted by Gasteiger charge is 2.24. The normalized spacial score (nSPS) is 15.2. The second-order valence-corrected chi connectivity index (χ2v) is 5.64. The van der Waals surface area contributed by atoms with Gasteiger partial charge in [0.2, 0.25) is 0 Å². The SMILES string of the molecule is CC(=NNC(=O)COc1ccc(C)cc1Br)C1CC1. The van der Waals surface area contributed by atoms with Crippen molar-refractivity contribution >= 4 is 27.5 Å². The molecule has 0 aromatic heterocycles. The number of carbonyl (C=O) groups is 1. The maximum atomic E-state index is 11.6. The smallest absolute Gasteiger partial charge is 0.277 e. The number of amides is 1. The number of nitrogens with zero attached hydrogens (tertiary/aromatic N) is 1. The van der Waals surface area contributed by atoms with Gasteiger partial charge in [0.05, 0.1) is 4.47 Å². The summed E-state index contributed by atoms with van der Waals surface area (Å²) in [6, 6.07) is 5.72. The van der Waals surface area contributed by atoms with Crippen LogP contribution in [-0.2, 0) is 4.79 Å². The van der Waals surface area contributed by atoms with Crippen LogP contribution in [0.2, 0.25) is 0 Å². The molecule has 0 spiro atoms. The molecule has 0 bridgehead atoms. The Morgan fingerprint density at radius 3 is 2.89 bits per heavy atom. The number of carbonyl (C=O) groups excluding carboxylic acids is 1. The number of halogens is 1. The average molecular weight is 325 g/mol. The van der Waals surface area contributed by atoms with Gasteiger partial charge < -0.3 is 4.74 Å². The maximum Gasteiger partial charge on any atom is 0.277 e. The molecule has 1 aliphatic carbocycles. The van der Waals surface area contributed by atoms with Crippen LogP contribution < -0.4 is 10.2 Å². The molecule has 1 fully saturated rings. The van der Waals surface area contributed by atoms with E-state index in [-0.39, 0.29) is 12.5 Å². The number of nitrogens with one attached hydrogen (secondary N) is 1. The Balaban J connectivity index is 1.81. The highest BCUT2D eigenvalue weighted by Crippen LogP contribution is 2.30. The summed E-state index contributed by atoms with van der Waals surface area (Å²) in [7, 11) is 0. The predicted octanol–water partition coefficient (Wildman–Crippen LogP) is 3.04. The Hall–Kier alpha value is -1.36. The highest BCUT2D eigenvalue weighted by molar-refractivity contribution is 9.10. The monoisotopic (exact) mass is 324 g/mol. The highest BCUT2D eigenvalue weighted by atomic mass is 79.9. The second-order valence-electron chi connectivity index (χ2n) is 4.78. The standard InChI is InChI=1S/C14H17BrN2O2/c1-9-3-6-13(12(15)7-9)19-8-14(18)17-16-10(2)11-4-5-11/h3,6-7,11H,4-5,8H2,1-2H3,(H,17,18). The summed E-state index contributed by atoms with van der Waals surface area (Å²) in [5, 5.41) is 4.06. The molecule has 1 aliphatic rings. The summed E-state index contributed by atoms with van der Waals surface area (Å²) in [6.07, 6.45) is 2.36. The lowest BCUT2D eigenvalue weighted by molar-refractivity contribution is -0.123. The number of hydrazone groups is 1. The molecular weight excluding hydrogens is 308 g/mol. The van der Waals surface area contributed by atoms with Crippen molar-refractivity contribution in [3.8, 4) is 5.75 Å². The first-order valence-corrected chi connectivity index (χ1v) is 7.07. The summed E-state index contributed by atoms with van der Waals surface area (Å²) in [5.41, 5.74) is 4.64. The number of rotatable bonds is 5. The topological polar surface area (TPSA) is 50.7 Å². The van der Waals surface area contributed by atoms with E-state index >= 15 is 0 Å². The van der Waals surface area contributed by atoms with Gasteiger partial charge in [-0.15, -0.1) is 0 Å². The fraction of sp³-hybridized carbons (Fsp3) is 0.429. The number of benzene rings is 1. The number of hydrogen-bond donors (Lipinski definition) is 1. The Morgan fingerprint density at radius 2 is 2.26 bits per heavy atom. The van der Waals surface area contributed by atoms with Crippen LogP contribution in [0.4, 0.5) is 0 Å². The van der Waals surface area contributed by atoms with Crippen molar-refractivity contribution in [1.82, 2.24) is 5.43 Å². The van der Waals surface area contributed by atoms with Gasteiger partial charge in [-0.3, -0.25) is 4.79 Å². The summed E-state index contributed by atoms with van der Waals surface area (Å²) in [5.74, 6) is 0.976. The summed E-state index contributed by atoms with van der Waals surface area (Å²) < 4.78 is 6.28. The van der Waals surface area contributed by atoms with Crippen LogP contribution in [0.5, 0.6) is 5.75 Å². The molecule has 5 heteroatoms. The second kappa shape index (κ2) is 6.19. The van der Waals surface area contributed by atoms with E-state index in [9.17, 15) is 4.79 Å². The van der Waals surface area contributed by atoms with Gasteiger partial charge in [-0.2, -0.15) is 5.10 Å². The van der Waals surface area contributed by atoms with Crippen molar-refractivity contribution in [3.63, 3.8) is 0 Å². The zero-order valence-electron chi connectivity index (χ0n) is 11.1. The van der Waals surface area contributed by atoms with Crippen LogP contribution >= 0.6 is 15.9 Å². The number of ether oxygens (including phenoxy) is 1. The quantitative estimate of drug-likeness (QED) is 0.668. The van der Waals surface area contributed by atoms with Crippen LogP contribution in [-0.4, -0.2) is 18.2 Å².